The van der Waals surface area contributed by atoms with Crippen LogP contribution in [0.15, 0.2) is 174 Å². The van der Waals surface area contributed by atoms with Gasteiger partial charge in [0.15, 0.2) is 17.5 Å². The number of nitrogens with zero attached hydrogens (tertiary/aromatic N) is 4. The molecule has 0 amide bonds. The van der Waals surface area contributed by atoms with Crippen LogP contribution in [0.5, 0.6) is 0 Å². The third kappa shape index (κ3) is 5.03. The van der Waals surface area contributed by atoms with Crippen LogP contribution in [-0.4, -0.2) is 19.9 Å². The molecule has 0 aliphatic heterocycles. The van der Waals surface area contributed by atoms with Gasteiger partial charge in [0.25, 0.3) is 0 Å². The van der Waals surface area contributed by atoms with E-state index in [9.17, 15) is 0 Å². The third-order valence-corrected chi connectivity index (χ3v) is 9.50. The zero-order valence-corrected chi connectivity index (χ0v) is 27.4. The van der Waals surface area contributed by atoms with Gasteiger partial charge < -0.3 is 4.42 Å². The Hall–Kier alpha value is -6.98. The number of hydrogen-bond donors (Lipinski definition) is 0. The monoisotopic (exact) mass is 652 g/mol. The number of aromatic nitrogens is 4. The van der Waals surface area contributed by atoms with Gasteiger partial charge in [0.2, 0.25) is 0 Å². The summed E-state index contributed by atoms with van der Waals surface area (Å²) in [6, 6.07) is 58.0. The molecule has 7 aromatic carbocycles. The minimum absolute atomic E-state index is 0.584. The van der Waals surface area contributed by atoms with E-state index in [1.165, 1.54) is 0 Å². The summed E-state index contributed by atoms with van der Waals surface area (Å²) in [5.74, 6) is 1.81. The molecule has 51 heavy (non-hydrogen) atoms. The average Bonchev–Trinajstić information content (AvgIpc) is 3.60. The number of pyridine rings is 1. The van der Waals surface area contributed by atoms with Crippen LogP contribution in [0, 0.1) is 0 Å². The highest BCUT2D eigenvalue weighted by Gasteiger charge is 2.19. The highest BCUT2D eigenvalue weighted by molar-refractivity contribution is 6.28. The van der Waals surface area contributed by atoms with Crippen molar-refractivity contribution in [1.29, 1.82) is 0 Å². The van der Waals surface area contributed by atoms with Crippen LogP contribution in [0.25, 0.3) is 100 Å². The molecule has 10 rings (SSSR count). The third-order valence-electron chi connectivity index (χ3n) is 9.50. The Kier molecular flexibility index (Phi) is 6.74. The minimum Gasteiger partial charge on any atom is -0.456 e. The van der Waals surface area contributed by atoms with Gasteiger partial charge in [-0.2, -0.15) is 0 Å². The average molecular weight is 653 g/mol. The summed E-state index contributed by atoms with van der Waals surface area (Å²) < 4.78 is 6.35. The van der Waals surface area contributed by atoms with Crippen LogP contribution < -0.4 is 0 Å². The first kappa shape index (κ1) is 29.0. The van der Waals surface area contributed by atoms with Crippen molar-refractivity contribution in [3.8, 4) is 56.5 Å². The number of benzene rings is 7. The molecule has 5 heteroatoms. The maximum Gasteiger partial charge on any atom is 0.164 e. The molecule has 3 heterocycles. The number of hydrogen-bond acceptors (Lipinski definition) is 5. The summed E-state index contributed by atoms with van der Waals surface area (Å²) >= 11 is 0. The van der Waals surface area contributed by atoms with Gasteiger partial charge in [0.1, 0.15) is 11.2 Å². The van der Waals surface area contributed by atoms with Gasteiger partial charge in [0.05, 0.1) is 11.2 Å². The van der Waals surface area contributed by atoms with Gasteiger partial charge in [-0.3, -0.25) is 0 Å². The Labute approximate surface area is 293 Å². The Balaban J connectivity index is 1.22. The van der Waals surface area contributed by atoms with Gasteiger partial charge in [-0.05, 0) is 41.5 Å². The lowest BCUT2D eigenvalue weighted by Gasteiger charge is -2.13. The molecule has 0 atom stereocenters. The SMILES string of the molecule is c1ccc(-c2cccc(-c3nc(-c4ccccc4)nc(-c4ccc5c(c4)nc(-c4ccccc4)c4ccc6oc7ccccc7c6c45)n3)c2)cc1. The van der Waals surface area contributed by atoms with Gasteiger partial charge >= 0.3 is 0 Å². The van der Waals surface area contributed by atoms with Crippen LogP contribution in [-0.2, 0) is 0 Å². The highest BCUT2D eigenvalue weighted by Crippen LogP contribution is 2.42. The molecule has 0 radical (unpaired) electrons. The number of rotatable bonds is 5. The molecule has 0 N–H and O–H groups in total. The van der Waals surface area contributed by atoms with Gasteiger partial charge in [-0.1, -0.05) is 140 Å². The summed E-state index contributed by atoms with van der Waals surface area (Å²) in [7, 11) is 0. The van der Waals surface area contributed by atoms with Crippen LogP contribution in [0.1, 0.15) is 0 Å². The molecule has 0 saturated heterocycles. The predicted molar refractivity (Wildman–Crippen MR) is 207 cm³/mol. The second-order valence-corrected chi connectivity index (χ2v) is 12.6. The Morgan fingerprint density at radius 2 is 0.882 bits per heavy atom. The van der Waals surface area contributed by atoms with E-state index in [4.69, 9.17) is 24.4 Å². The maximum absolute atomic E-state index is 6.35. The molecule has 0 saturated carbocycles. The second kappa shape index (κ2) is 11.9. The minimum atomic E-state index is 0.584. The molecule has 0 aliphatic rings. The molecule has 0 spiro atoms. The summed E-state index contributed by atoms with van der Waals surface area (Å²) in [4.78, 5) is 20.5. The zero-order valence-electron chi connectivity index (χ0n) is 27.4. The Bertz CT molecular complexity index is 2900. The summed E-state index contributed by atoms with van der Waals surface area (Å²) in [6.07, 6.45) is 0. The van der Waals surface area contributed by atoms with E-state index in [0.717, 1.165) is 82.7 Å². The van der Waals surface area contributed by atoms with Gasteiger partial charge in [-0.25, -0.2) is 19.9 Å². The summed E-state index contributed by atoms with van der Waals surface area (Å²) in [5.41, 5.74) is 9.48. The van der Waals surface area contributed by atoms with E-state index >= 15 is 0 Å². The standard InChI is InChI=1S/C46H28N4O/c1-4-13-29(14-5-1)32-19-12-20-33(27-32)45-48-44(31-17-8-3-9-18-31)49-46(50-45)34-23-24-35-38(28-34)47-43(30-15-6-2-7-16-30)37-25-26-40-42(41(35)37)36-21-10-11-22-39(36)51-40/h1-28H. The Morgan fingerprint density at radius 3 is 1.63 bits per heavy atom. The Morgan fingerprint density at radius 1 is 0.314 bits per heavy atom. The smallest absolute Gasteiger partial charge is 0.164 e. The quantitative estimate of drug-likeness (QED) is 0.173. The van der Waals surface area contributed by atoms with Crippen molar-refractivity contribution in [3.63, 3.8) is 0 Å². The second-order valence-electron chi connectivity index (χ2n) is 12.6. The van der Waals surface area contributed by atoms with Crippen molar-refractivity contribution < 1.29 is 4.42 Å². The van der Waals surface area contributed by atoms with Crippen molar-refractivity contribution in [2.24, 2.45) is 0 Å². The van der Waals surface area contributed by atoms with Crippen molar-refractivity contribution >= 4 is 43.6 Å². The molecule has 238 valence electrons. The van der Waals surface area contributed by atoms with E-state index in [-0.39, 0.29) is 0 Å². The summed E-state index contributed by atoms with van der Waals surface area (Å²) in [6.45, 7) is 0. The molecule has 0 fully saturated rings. The number of furan rings is 1. The van der Waals surface area contributed by atoms with Crippen LogP contribution in [0.2, 0.25) is 0 Å². The molecular weight excluding hydrogens is 625 g/mol. The first-order valence-electron chi connectivity index (χ1n) is 17.0. The first-order valence-corrected chi connectivity index (χ1v) is 17.0. The van der Waals surface area contributed by atoms with E-state index in [0.29, 0.717) is 17.5 Å². The lowest BCUT2D eigenvalue weighted by Crippen LogP contribution is -2.00. The fourth-order valence-electron chi connectivity index (χ4n) is 7.08. The van der Waals surface area contributed by atoms with Crippen molar-refractivity contribution in [2.75, 3.05) is 0 Å². The van der Waals surface area contributed by atoms with Crippen LogP contribution in [0.4, 0.5) is 0 Å². The molecule has 10 aromatic rings. The molecule has 0 bridgehead atoms. The topological polar surface area (TPSA) is 64.7 Å². The van der Waals surface area contributed by atoms with Crippen molar-refractivity contribution in [3.05, 3.63) is 170 Å². The van der Waals surface area contributed by atoms with E-state index in [2.05, 4.69) is 115 Å². The van der Waals surface area contributed by atoms with E-state index in [1.54, 1.807) is 0 Å². The fraction of sp³-hybridized carbons (Fsp3) is 0. The highest BCUT2D eigenvalue weighted by atomic mass is 16.3. The largest absolute Gasteiger partial charge is 0.456 e. The molecular formula is C46H28N4O. The van der Waals surface area contributed by atoms with Crippen LogP contribution in [0.3, 0.4) is 0 Å². The van der Waals surface area contributed by atoms with E-state index < -0.39 is 0 Å². The normalized spacial score (nSPS) is 11.5. The maximum atomic E-state index is 6.35. The molecule has 0 aliphatic carbocycles. The predicted octanol–water partition coefficient (Wildman–Crippen LogP) is 11.8. The lowest BCUT2D eigenvalue weighted by atomic mass is 9.95. The van der Waals surface area contributed by atoms with Gasteiger partial charge in [-0.15, -0.1) is 0 Å². The molecule has 0 unspecified atom stereocenters. The lowest BCUT2D eigenvalue weighted by molar-refractivity contribution is 0.669. The van der Waals surface area contributed by atoms with Crippen LogP contribution >= 0.6 is 0 Å². The first-order chi connectivity index (χ1) is 25.3. The van der Waals surface area contributed by atoms with Crippen molar-refractivity contribution in [1.82, 2.24) is 19.9 Å². The van der Waals surface area contributed by atoms with E-state index in [1.807, 2.05) is 54.6 Å². The molecule has 5 nitrogen and oxygen atoms in total. The zero-order chi connectivity index (χ0) is 33.7. The number of fused-ring (bicyclic) bond motifs is 7. The summed E-state index contributed by atoms with van der Waals surface area (Å²) in [5, 5.41) is 5.41. The van der Waals surface area contributed by atoms with Gasteiger partial charge in [0, 0.05) is 49.2 Å². The fourth-order valence-corrected chi connectivity index (χ4v) is 7.08. The molecule has 3 aromatic heterocycles. The number of para-hydroxylation sites is 1. The van der Waals surface area contributed by atoms with Crippen molar-refractivity contribution in [2.45, 2.75) is 0 Å².